The number of nitrogens with zero attached hydrogens (tertiary/aromatic N) is 1. The lowest BCUT2D eigenvalue weighted by Crippen LogP contribution is -2.20. The Hall–Kier alpha value is -1.82. The van der Waals surface area contributed by atoms with E-state index in [1.807, 2.05) is 18.2 Å². The van der Waals surface area contributed by atoms with Gasteiger partial charge in [0.25, 0.3) is 0 Å². The summed E-state index contributed by atoms with van der Waals surface area (Å²) in [5, 5.41) is 8.56. The zero-order chi connectivity index (χ0) is 14.2. The van der Waals surface area contributed by atoms with Crippen molar-refractivity contribution in [1.82, 2.24) is 15.5 Å². The zero-order valence-corrected chi connectivity index (χ0v) is 10.6. The summed E-state index contributed by atoms with van der Waals surface area (Å²) in [6.45, 7) is 0.102. The SMILES string of the molecule is FC(F)(F)c1n[nH][c]c1CNC1CCc2ccccc21. The number of rotatable bonds is 3. The third-order valence-electron chi connectivity index (χ3n) is 3.59. The van der Waals surface area contributed by atoms with Gasteiger partial charge in [-0.3, -0.25) is 5.10 Å². The highest BCUT2D eigenvalue weighted by Gasteiger charge is 2.36. The molecule has 1 unspecified atom stereocenters. The minimum Gasteiger partial charge on any atom is -0.306 e. The van der Waals surface area contributed by atoms with Crippen molar-refractivity contribution < 1.29 is 13.2 Å². The van der Waals surface area contributed by atoms with Crippen LogP contribution in [0.5, 0.6) is 0 Å². The fourth-order valence-electron chi connectivity index (χ4n) is 2.63. The fourth-order valence-corrected chi connectivity index (χ4v) is 2.63. The van der Waals surface area contributed by atoms with Gasteiger partial charge in [-0.05, 0) is 24.0 Å². The van der Waals surface area contributed by atoms with E-state index in [1.165, 1.54) is 11.1 Å². The molecule has 1 aromatic heterocycles. The smallest absolute Gasteiger partial charge is 0.306 e. The molecule has 1 aromatic carbocycles. The molecule has 0 aliphatic heterocycles. The van der Waals surface area contributed by atoms with Crippen molar-refractivity contribution in [2.75, 3.05) is 0 Å². The van der Waals surface area contributed by atoms with Gasteiger partial charge < -0.3 is 5.32 Å². The lowest BCUT2D eigenvalue weighted by molar-refractivity contribution is -0.141. The number of H-pyrrole nitrogens is 1. The monoisotopic (exact) mass is 280 g/mol. The van der Waals surface area contributed by atoms with Crippen LogP contribution in [0.3, 0.4) is 0 Å². The van der Waals surface area contributed by atoms with Crippen molar-refractivity contribution in [3.8, 4) is 0 Å². The Morgan fingerprint density at radius 1 is 1.35 bits per heavy atom. The summed E-state index contributed by atoms with van der Waals surface area (Å²) in [6, 6.07) is 8.10. The van der Waals surface area contributed by atoms with Gasteiger partial charge in [0.05, 0.1) is 6.20 Å². The molecule has 0 bridgehead atoms. The van der Waals surface area contributed by atoms with Crippen LogP contribution >= 0.6 is 0 Å². The molecule has 0 amide bonds. The van der Waals surface area contributed by atoms with Gasteiger partial charge in [-0.1, -0.05) is 24.3 Å². The second-order valence-electron chi connectivity index (χ2n) is 4.84. The topological polar surface area (TPSA) is 40.7 Å². The maximum absolute atomic E-state index is 12.7. The third-order valence-corrected chi connectivity index (χ3v) is 3.59. The van der Waals surface area contributed by atoms with Gasteiger partial charge in [-0.25, -0.2) is 0 Å². The van der Waals surface area contributed by atoms with Crippen molar-refractivity contribution in [3.05, 3.63) is 52.8 Å². The predicted molar refractivity (Wildman–Crippen MR) is 66.8 cm³/mol. The number of aromatic nitrogens is 2. The summed E-state index contributed by atoms with van der Waals surface area (Å²) < 4.78 is 38.1. The number of halogens is 3. The van der Waals surface area contributed by atoms with Gasteiger partial charge >= 0.3 is 6.18 Å². The molecule has 1 radical (unpaired) electrons. The van der Waals surface area contributed by atoms with Gasteiger partial charge in [0.2, 0.25) is 0 Å². The highest BCUT2D eigenvalue weighted by Crippen LogP contribution is 2.32. The average Bonchev–Trinajstić information content (AvgIpc) is 3.02. The molecule has 105 valence electrons. The third kappa shape index (κ3) is 2.43. The Balaban J connectivity index is 1.71. The number of benzene rings is 1. The first-order chi connectivity index (χ1) is 9.55. The molecule has 2 aromatic rings. The molecule has 1 aliphatic carbocycles. The number of fused-ring (bicyclic) bond motifs is 1. The quantitative estimate of drug-likeness (QED) is 0.907. The lowest BCUT2D eigenvalue weighted by atomic mass is 10.1. The molecule has 0 fully saturated rings. The standard InChI is InChI=1S/C14H13F3N3/c15-14(16,17)13-10(8-19-20-13)7-18-12-6-5-9-3-1-2-4-11(9)12/h1-4,12,18H,5-7H2,(H,19,20). The van der Waals surface area contributed by atoms with Crippen LogP contribution in [-0.4, -0.2) is 10.2 Å². The number of alkyl halides is 3. The summed E-state index contributed by atoms with van der Waals surface area (Å²) in [4.78, 5) is 0. The van der Waals surface area contributed by atoms with Gasteiger partial charge in [0, 0.05) is 18.2 Å². The van der Waals surface area contributed by atoms with E-state index < -0.39 is 11.9 Å². The van der Waals surface area contributed by atoms with E-state index >= 15 is 0 Å². The first-order valence-corrected chi connectivity index (χ1v) is 6.39. The maximum Gasteiger partial charge on any atom is 0.435 e. The number of nitrogens with one attached hydrogen (secondary N) is 2. The molecule has 6 heteroatoms. The van der Waals surface area contributed by atoms with Gasteiger partial charge in [-0.15, -0.1) is 0 Å². The number of aryl methyl sites for hydroxylation is 1. The average molecular weight is 280 g/mol. The molecule has 0 saturated heterocycles. The molecule has 1 aliphatic rings. The van der Waals surface area contributed by atoms with Crippen LogP contribution in [0.2, 0.25) is 0 Å². The fraction of sp³-hybridized carbons (Fsp3) is 0.357. The van der Waals surface area contributed by atoms with Gasteiger partial charge in [0.1, 0.15) is 0 Å². The van der Waals surface area contributed by atoms with Crippen LogP contribution in [0.15, 0.2) is 24.3 Å². The van der Waals surface area contributed by atoms with Crippen LogP contribution < -0.4 is 5.32 Å². The van der Waals surface area contributed by atoms with Crippen LogP contribution in [0.25, 0.3) is 0 Å². The van der Waals surface area contributed by atoms with E-state index in [0.717, 1.165) is 12.8 Å². The number of hydrogen-bond donors (Lipinski definition) is 2. The molecule has 0 spiro atoms. The summed E-state index contributed by atoms with van der Waals surface area (Å²) >= 11 is 0. The van der Waals surface area contributed by atoms with E-state index in [-0.39, 0.29) is 18.2 Å². The van der Waals surface area contributed by atoms with E-state index in [1.54, 1.807) is 0 Å². The highest BCUT2D eigenvalue weighted by atomic mass is 19.4. The molecule has 3 nitrogen and oxygen atoms in total. The summed E-state index contributed by atoms with van der Waals surface area (Å²) in [6.07, 6.45) is -0.147. The molecule has 1 atom stereocenters. The van der Waals surface area contributed by atoms with Crippen molar-refractivity contribution in [2.45, 2.75) is 31.6 Å². The minimum absolute atomic E-state index is 0.0295. The molecular weight excluding hydrogens is 267 g/mol. The lowest BCUT2D eigenvalue weighted by Gasteiger charge is -2.14. The number of aromatic amines is 1. The zero-order valence-electron chi connectivity index (χ0n) is 10.6. The van der Waals surface area contributed by atoms with E-state index in [0.29, 0.717) is 0 Å². The van der Waals surface area contributed by atoms with E-state index in [4.69, 9.17) is 0 Å². The van der Waals surface area contributed by atoms with Crippen LogP contribution in [0.1, 0.15) is 34.8 Å². The molecule has 2 N–H and O–H groups in total. The Morgan fingerprint density at radius 2 is 2.15 bits per heavy atom. The largest absolute Gasteiger partial charge is 0.435 e. The second kappa shape index (κ2) is 4.94. The van der Waals surface area contributed by atoms with Crippen molar-refractivity contribution in [2.24, 2.45) is 0 Å². The highest BCUT2D eigenvalue weighted by molar-refractivity contribution is 5.34. The summed E-state index contributed by atoms with van der Waals surface area (Å²) in [7, 11) is 0. The molecular formula is C14H13F3N3. The Labute approximate surface area is 114 Å². The number of hydrogen-bond acceptors (Lipinski definition) is 2. The van der Waals surface area contributed by atoms with Crippen molar-refractivity contribution in [3.63, 3.8) is 0 Å². The van der Waals surface area contributed by atoms with E-state index in [9.17, 15) is 13.2 Å². The van der Waals surface area contributed by atoms with Crippen LogP contribution in [-0.2, 0) is 19.1 Å². The predicted octanol–water partition coefficient (Wildman–Crippen LogP) is 3.01. The van der Waals surface area contributed by atoms with Crippen molar-refractivity contribution in [1.29, 1.82) is 0 Å². The first kappa shape index (κ1) is 13.2. The minimum atomic E-state index is -4.44. The Bertz CT molecular complexity index is 604. The van der Waals surface area contributed by atoms with Crippen LogP contribution in [0.4, 0.5) is 13.2 Å². The summed E-state index contributed by atoms with van der Waals surface area (Å²) in [5.41, 5.74) is 1.57. The van der Waals surface area contributed by atoms with Gasteiger partial charge in [-0.2, -0.15) is 18.3 Å². The normalized spacial score (nSPS) is 18.2. The Kier molecular flexibility index (Phi) is 3.25. The molecule has 1 heterocycles. The van der Waals surface area contributed by atoms with E-state index in [2.05, 4.69) is 27.8 Å². The Morgan fingerprint density at radius 3 is 2.95 bits per heavy atom. The first-order valence-electron chi connectivity index (χ1n) is 6.39. The molecule has 0 saturated carbocycles. The van der Waals surface area contributed by atoms with Crippen molar-refractivity contribution >= 4 is 0 Å². The molecule has 20 heavy (non-hydrogen) atoms. The maximum atomic E-state index is 12.7. The molecule has 3 rings (SSSR count). The second-order valence-corrected chi connectivity index (χ2v) is 4.84. The van der Waals surface area contributed by atoms with Gasteiger partial charge in [0.15, 0.2) is 5.69 Å². The van der Waals surface area contributed by atoms with Crippen LogP contribution in [0, 0.1) is 6.20 Å². The summed E-state index contributed by atoms with van der Waals surface area (Å²) in [5.74, 6) is 0.